The summed E-state index contributed by atoms with van der Waals surface area (Å²) in [5.74, 6) is 0.926. The lowest BCUT2D eigenvalue weighted by Gasteiger charge is -2.34. The van der Waals surface area contributed by atoms with Crippen LogP contribution in [0.2, 0.25) is 0 Å². The van der Waals surface area contributed by atoms with E-state index in [1.807, 2.05) is 55.8 Å². The number of carbonyl (C=O) groups is 1. The number of anilines is 1. The average Bonchev–Trinajstić information content (AvgIpc) is 3.50. The van der Waals surface area contributed by atoms with Crippen LogP contribution in [-0.4, -0.2) is 98.4 Å². The number of piperidine rings is 1. The Morgan fingerprint density at radius 1 is 1.21 bits per heavy atom. The predicted octanol–water partition coefficient (Wildman–Crippen LogP) is 3.75. The Morgan fingerprint density at radius 3 is 2.71 bits per heavy atom. The molecule has 1 unspecified atom stereocenters. The molecule has 3 aromatic heterocycles. The van der Waals surface area contributed by atoms with Crippen LogP contribution in [0.15, 0.2) is 23.1 Å². The van der Waals surface area contributed by atoms with E-state index >= 15 is 0 Å². The highest BCUT2D eigenvalue weighted by molar-refractivity contribution is 9.10. The van der Waals surface area contributed by atoms with Gasteiger partial charge in [0.05, 0.1) is 35.8 Å². The first-order valence-corrected chi connectivity index (χ1v) is 14.1. The zero-order valence-corrected chi connectivity index (χ0v) is 24.2. The number of carbonyl (C=O) groups excluding carboxylic acids is 1. The molecule has 0 radical (unpaired) electrons. The molecule has 5 rings (SSSR count). The van der Waals surface area contributed by atoms with Crippen LogP contribution in [0.3, 0.4) is 0 Å². The molecule has 1 atom stereocenters. The van der Waals surface area contributed by atoms with Gasteiger partial charge in [0.2, 0.25) is 0 Å². The summed E-state index contributed by atoms with van der Waals surface area (Å²) in [6, 6.07) is 0. The molecule has 2 aliphatic rings. The molecule has 38 heavy (non-hydrogen) atoms. The average molecular weight is 590 g/mol. The molecule has 0 aromatic carbocycles. The number of likely N-dealkylation sites (tertiary alicyclic amines) is 1. The Kier molecular flexibility index (Phi) is 7.92. The van der Waals surface area contributed by atoms with Gasteiger partial charge in [-0.25, -0.2) is 9.78 Å². The minimum Gasteiger partial charge on any atom is -0.444 e. The van der Waals surface area contributed by atoms with Crippen molar-refractivity contribution in [1.82, 2.24) is 34.2 Å². The summed E-state index contributed by atoms with van der Waals surface area (Å²) in [7, 11) is 1.90. The third-order valence-electron chi connectivity index (χ3n) is 6.91. The van der Waals surface area contributed by atoms with Gasteiger partial charge in [-0.3, -0.25) is 9.58 Å². The summed E-state index contributed by atoms with van der Waals surface area (Å²) in [5, 5.41) is 12.7. The number of hydrogen-bond donors (Lipinski definition) is 1. The second-order valence-electron chi connectivity index (χ2n) is 11.0. The van der Waals surface area contributed by atoms with E-state index in [0.29, 0.717) is 13.1 Å². The van der Waals surface area contributed by atoms with Crippen molar-refractivity contribution in [1.29, 1.82) is 0 Å². The fourth-order valence-electron chi connectivity index (χ4n) is 5.03. The van der Waals surface area contributed by atoms with E-state index < -0.39 is 5.60 Å². The number of aromatic nitrogens is 5. The highest BCUT2D eigenvalue weighted by Crippen LogP contribution is 2.37. The smallest absolute Gasteiger partial charge is 0.410 e. The summed E-state index contributed by atoms with van der Waals surface area (Å²) < 4.78 is 15.7. The summed E-state index contributed by atoms with van der Waals surface area (Å²) >= 11 is 3.87. The van der Waals surface area contributed by atoms with Crippen molar-refractivity contribution in [2.75, 3.05) is 57.8 Å². The van der Waals surface area contributed by atoms with Gasteiger partial charge in [-0.1, -0.05) is 0 Å². The minimum absolute atomic E-state index is 0.0621. The first kappa shape index (κ1) is 26.9. The van der Waals surface area contributed by atoms with E-state index in [1.165, 1.54) is 0 Å². The highest BCUT2D eigenvalue weighted by atomic mass is 79.9. The molecule has 0 bridgehead atoms. The third-order valence-corrected chi connectivity index (χ3v) is 7.70. The first-order chi connectivity index (χ1) is 18.2. The first-order valence-electron chi connectivity index (χ1n) is 13.3. The standard InChI is InChI=1S/C26H37BrN8O3/c1-26(2,3)38-25(36)34-8-5-6-18(17-34)22-21(27)24(28-7-9-33-10-12-37-13-11-33)35-23(31-22)20(15-30-35)19-14-29-32(4)16-19/h14-16,18,28H,5-13,17H2,1-4H3. The Hall–Kier alpha value is -2.70. The van der Waals surface area contributed by atoms with Crippen LogP contribution in [-0.2, 0) is 16.5 Å². The second kappa shape index (κ2) is 11.2. The molecule has 5 heterocycles. The summed E-state index contributed by atoms with van der Waals surface area (Å²) in [6.45, 7) is 12.0. The predicted molar refractivity (Wildman–Crippen MR) is 148 cm³/mol. The number of nitrogens with zero attached hydrogens (tertiary/aromatic N) is 7. The second-order valence-corrected chi connectivity index (χ2v) is 11.8. The van der Waals surface area contributed by atoms with Gasteiger partial charge in [0, 0.05) is 69.6 Å². The Balaban J connectivity index is 1.47. The van der Waals surface area contributed by atoms with Gasteiger partial charge in [-0.05, 0) is 49.5 Å². The van der Waals surface area contributed by atoms with Gasteiger partial charge in [0.1, 0.15) is 11.4 Å². The van der Waals surface area contributed by atoms with Gasteiger partial charge in [-0.15, -0.1) is 0 Å². The molecule has 12 heteroatoms. The summed E-state index contributed by atoms with van der Waals surface area (Å²) in [4.78, 5) is 22.2. The summed E-state index contributed by atoms with van der Waals surface area (Å²) in [5.41, 5.74) is 3.03. The lowest BCUT2D eigenvalue weighted by molar-refractivity contribution is 0.0197. The molecule has 2 saturated heterocycles. The van der Waals surface area contributed by atoms with Crippen LogP contribution in [0, 0.1) is 0 Å². The summed E-state index contributed by atoms with van der Waals surface area (Å²) in [6.07, 6.45) is 7.19. The third kappa shape index (κ3) is 5.97. The van der Waals surface area contributed by atoms with Crippen molar-refractivity contribution in [3.63, 3.8) is 0 Å². The van der Waals surface area contributed by atoms with Crippen LogP contribution in [0.1, 0.15) is 45.2 Å². The minimum atomic E-state index is -0.532. The van der Waals surface area contributed by atoms with E-state index in [4.69, 9.17) is 19.6 Å². The quantitative estimate of drug-likeness (QED) is 0.464. The number of halogens is 1. The van der Waals surface area contributed by atoms with E-state index in [1.54, 1.807) is 4.68 Å². The van der Waals surface area contributed by atoms with E-state index in [0.717, 1.165) is 85.0 Å². The maximum absolute atomic E-state index is 12.9. The Labute approximate surface area is 231 Å². The van der Waals surface area contributed by atoms with Gasteiger partial charge in [0.15, 0.2) is 5.65 Å². The maximum Gasteiger partial charge on any atom is 0.410 e. The van der Waals surface area contributed by atoms with Gasteiger partial charge in [0.25, 0.3) is 0 Å². The molecule has 1 N–H and O–H groups in total. The Bertz CT molecular complexity index is 1280. The lowest BCUT2D eigenvalue weighted by Crippen LogP contribution is -2.42. The number of morpholine rings is 1. The van der Waals surface area contributed by atoms with Crippen molar-refractivity contribution < 1.29 is 14.3 Å². The molecule has 2 aliphatic heterocycles. The molecule has 206 valence electrons. The fraction of sp³-hybridized carbons (Fsp3) is 0.615. The molecule has 0 spiro atoms. The van der Waals surface area contributed by atoms with Crippen LogP contribution in [0.5, 0.6) is 0 Å². The topological polar surface area (TPSA) is 102 Å². The molecule has 0 saturated carbocycles. The van der Waals surface area contributed by atoms with Crippen molar-refractivity contribution in [3.8, 4) is 11.1 Å². The SMILES string of the molecule is Cn1cc(-c2cnn3c(NCCN4CCOCC4)c(Br)c(C4CCCN(C(=O)OC(C)(C)C)C4)nc23)cn1. The normalized spacial score (nSPS) is 19.2. The van der Waals surface area contributed by atoms with Crippen molar-refractivity contribution >= 4 is 33.5 Å². The Morgan fingerprint density at radius 2 is 2.00 bits per heavy atom. The van der Waals surface area contributed by atoms with Crippen molar-refractivity contribution in [3.05, 3.63) is 28.8 Å². The molecule has 11 nitrogen and oxygen atoms in total. The van der Waals surface area contributed by atoms with Gasteiger partial charge in [-0.2, -0.15) is 14.7 Å². The zero-order valence-electron chi connectivity index (χ0n) is 22.6. The number of amides is 1. The van der Waals surface area contributed by atoms with Crippen molar-refractivity contribution in [2.24, 2.45) is 7.05 Å². The molecule has 1 amide bonds. The largest absolute Gasteiger partial charge is 0.444 e. The number of aryl methyl sites for hydroxylation is 1. The monoisotopic (exact) mass is 588 g/mol. The molecular weight excluding hydrogens is 552 g/mol. The number of ether oxygens (including phenoxy) is 2. The maximum atomic E-state index is 12.9. The number of fused-ring (bicyclic) bond motifs is 1. The molecule has 0 aliphatic carbocycles. The van der Waals surface area contributed by atoms with Crippen molar-refractivity contribution in [2.45, 2.75) is 45.1 Å². The van der Waals surface area contributed by atoms with Crippen LogP contribution in [0.25, 0.3) is 16.8 Å². The van der Waals surface area contributed by atoms with Gasteiger partial charge < -0.3 is 19.7 Å². The zero-order chi connectivity index (χ0) is 26.9. The number of nitrogens with one attached hydrogen (secondary N) is 1. The highest BCUT2D eigenvalue weighted by Gasteiger charge is 2.32. The fourth-order valence-corrected chi connectivity index (χ4v) is 5.75. The van der Waals surface area contributed by atoms with E-state index in [9.17, 15) is 4.79 Å². The molecule has 3 aromatic rings. The van der Waals surface area contributed by atoms with E-state index in [2.05, 4.69) is 31.2 Å². The lowest BCUT2D eigenvalue weighted by atomic mass is 9.94. The van der Waals surface area contributed by atoms with Crippen LogP contribution < -0.4 is 5.32 Å². The van der Waals surface area contributed by atoms with E-state index in [-0.39, 0.29) is 12.0 Å². The van der Waals surface area contributed by atoms with Crippen LogP contribution >= 0.6 is 15.9 Å². The molecular formula is C26H37BrN8O3. The number of rotatable bonds is 6. The van der Waals surface area contributed by atoms with Crippen LogP contribution in [0.4, 0.5) is 10.6 Å². The number of hydrogen-bond acceptors (Lipinski definition) is 8. The van der Waals surface area contributed by atoms with Gasteiger partial charge >= 0.3 is 6.09 Å². The molecule has 2 fully saturated rings.